The second kappa shape index (κ2) is 7.85. The molecule has 23 heavy (non-hydrogen) atoms. The van der Waals surface area contributed by atoms with Crippen molar-refractivity contribution < 1.29 is 19.0 Å². The Kier molecular flexibility index (Phi) is 5.59. The van der Waals surface area contributed by atoms with Crippen LogP contribution in [0.4, 0.5) is 0 Å². The molecular formula is C18H17NO4. The Bertz CT molecular complexity index is 759. The second-order valence-corrected chi connectivity index (χ2v) is 4.44. The summed E-state index contributed by atoms with van der Waals surface area (Å²) >= 11 is 0. The number of esters is 1. The fourth-order valence-electron chi connectivity index (χ4n) is 1.92. The van der Waals surface area contributed by atoms with Crippen LogP contribution < -0.4 is 9.47 Å². The predicted octanol–water partition coefficient (Wildman–Crippen LogP) is 2.68. The Hall–Kier alpha value is -3.00. The van der Waals surface area contributed by atoms with Gasteiger partial charge < -0.3 is 14.2 Å². The molecule has 1 aromatic carbocycles. The summed E-state index contributed by atoms with van der Waals surface area (Å²) in [5, 5.41) is 0. The molecule has 0 radical (unpaired) electrons. The van der Waals surface area contributed by atoms with Crippen molar-refractivity contribution in [2.45, 2.75) is 6.92 Å². The highest BCUT2D eigenvalue weighted by Gasteiger charge is 2.11. The molecule has 0 fully saturated rings. The van der Waals surface area contributed by atoms with E-state index < -0.39 is 5.97 Å². The predicted molar refractivity (Wildman–Crippen MR) is 85.7 cm³/mol. The number of methoxy groups -OCH3 is 2. The average Bonchev–Trinajstić information content (AvgIpc) is 2.60. The van der Waals surface area contributed by atoms with Crippen LogP contribution in [0.5, 0.6) is 11.5 Å². The molecule has 0 amide bonds. The highest BCUT2D eigenvalue weighted by atomic mass is 16.5. The molecule has 118 valence electrons. The minimum absolute atomic E-state index is 0.302. The Morgan fingerprint density at radius 3 is 2.61 bits per heavy atom. The van der Waals surface area contributed by atoms with Crippen molar-refractivity contribution in [3.8, 4) is 23.3 Å². The van der Waals surface area contributed by atoms with E-state index in [4.69, 9.17) is 14.2 Å². The van der Waals surface area contributed by atoms with Gasteiger partial charge in [0.2, 0.25) is 0 Å². The Balaban J connectivity index is 2.34. The maximum Gasteiger partial charge on any atom is 0.341 e. The third kappa shape index (κ3) is 4.01. The minimum atomic E-state index is -0.433. The molecule has 0 spiro atoms. The van der Waals surface area contributed by atoms with Crippen LogP contribution in [0, 0.1) is 11.8 Å². The van der Waals surface area contributed by atoms with E-state index in [-0.39, 0.29) is 0 Å². The Morgan fingerprint density at radius 1 is 1.13 bits per heavy atom. The number of benzene rings is 1. The topological polar surface area (TPSA) is 57.7 Å². The largest absolute Gasteiger partial charge is 0.493 e. The summed E-state index contributed by atoms with van der Waals surface area (Å²) in [6.45, 7) is 2.06. The van der Waals surface area contributed by atoms with E-state index in [1.807, 2.05) is 0 Å². The standard InChI is InChI=1S/C18H17NO4/c1-4-23-18(20)14-6-5-11-19-15(14)9-7-13-8-10-16(21-2)17(12-13)22-3/h5-6,8,10-12H,4H2,1-3H3. The summed E-state index contributed by atoms with van der Waals surface area (Å²) in [5.74, 6) is 6.65. The smallest absolute Gasteiger partial charge is 0.341 e. The van der Waals surface area contributed by atoms with Crippen molar-refractivity contribution in [3.63, 3.8) is 0 Å². The fourth-order valence-corrected chi connectivity index (χ4v) is 1.92. The van der Waals surface area contributed by atoms with E-state index in [9.17, 15) is 4.79 Å². The zero-order chi connectivity index (χ0) is 16.7. The molecule has 0 aliphatic rings. The third-order valence-corrected chi connectivity index (χ3v) is 3.01. The van der Waals surface area contributed by atoms with Gasteiger partial charge in [0.1, 0.15) is 5.69 Å². The van der Waals surface area contributed by atoms with Crippen LogP contribution in [0.25, 0.3) is 0 Å². The fraction of sp³-hybridized carbons (Fsp3) is 0.222. The van der Waals surface area contributed by atoms with Gasteiger partial charge in [0.05, 0.1) is 26.4 Å². The van der Waals surface area contributed by atoms with Gasteiger partial charge in [0.15, 0.2) is 11.5 Å². The first-order chi connectivity index (χ1) is 11.2. The molecule has 5 heteroatoms. The summed E-state index contributed by atoms with van der Waals surface area (Å²) in [5.41, 5.74) is 1.45. The number of pyridine rings is 1. The van der Waals surface area contributed by atoms with Crippen molar-refractivity contribution in [3.05, 3.63) is 53.3 Å². The van der Waals surface area contributed by atoms with Gasteiger partial charge in [0.25, 0.3) is 0 Å². The van der Waals surface area contributed by atoms with Gasteiger partial charge in [-0.2, -0.15) is 0 Å². The van der Waals surface area contributed by atoms with Gasteiger partial charge in [-0.25, -0.2) is 9.78 Å². The van der Waals surface area contributed by atoms with Crippen LogP contribution >= 0.6 is 0 Å². The Labute approximate surface area is 135 Å². The van der Waals surface area contributed by atoms with Crippen molar-refractivity contribution in [1.29, 1.82) is 0 Å². The minimum Gasteiger partial charge on any atom is -0.493 e. The van der Waals surface area contributed by atoms with Crippen molar-refractivity contribution in [1.82, 2.24) is 4.98 Å². The van der Waals surface area contributed by atoms with E-state index in [2.05, 4.69) is 16.8 Å². The van der Waals surface area contributed by atoms with Crippen molar-refractivity contribution >= 4 is 5.97 Å². The molecular weight excluding hydrogens is 294 g/mol. The number of nitrogens with zero attached hydrogens (tertiary/aromatic N) is 1. The number of aromatic nitrogens is 1. The summed E-state index contributed by atoms with van der Waals surface area (Å²) in [6.07, 6.45) is 1.58. The van der Waals surface area contributed by atoms with E-state index in [0.717, 1.165) is 5.56 Å². The first-order valence-corrected chi connectivity index (χ1v) is 7.05. The molecule has 1 aromatic heterocycles. The number of carbonyl (C=O) groups is 1. The zero-order valence-corrected chi connectivity index (χ0v) is 13.3. The van der Waals surface area contributed by atoms with E-state index in [1.165, 1.54) is 0 Å². The molecule has 5 nitrogen and oxygen atoms in total. The molecule has 0 saturated carbocycles. The quantitative estimate of drug-likeness (QED) is 0.642. The van der Waals surface area contributed by atoms with Gasteiger partial charge in [0, 0.05) is 11.8 Å². The average molecular weight is 311 g/mol. The lowest BCUT2D eigenvalue weighted by Gasteiger charge is -2.06. The molecule has 0 aliphatic carbocycles. The lowest BCUT2D eigenvalue weighted by atomic mass is 10.1. The van der Waals surface area contributed by atoms with Crippen LogP contribution in [0.3, 0.4) is 0 Å². The number of hydrogen-bond acceptors (Lipinski definition) is 5. The summed E-state index contributed by atoms with van der Waals surface area (Å²) in [7, 11) is 3.13. The normalized spacial score (nSPS) is 9.52. The van der Waals surface area contributed by atoms with Gasteiger partial charge in [-0.3, -0.25) is 0 Å². The first-order valence-electron chi connectivity index (χ1n) is 7.05. The summed E-state index contributed by atoms with van der Waals surface area (Å²) in [4.78, 5) is 16.0. The van der Waals surface area contributed by atoms with Crippen molar-refractivity contribution in [2.24, 2.45) is 0 Å². The van der Waals surface area contributed by atoms with Crippen LogP contribution in [0.15, 0.2) is 36.5 Å². The summed E-state index contributed by atoms with van der Waals surface area (Å²) < 4.78 is 15.4. The molecule has 0 aliphatic heterocycles. The molecule has 0 unspecified atom stereocenters. The van der Waals surface area contributed by atoms with E-state index in [0.29, 0.717) is 29.4 Å². The highest BCUT2D eigenvalue weighted by molar-refractivity contribution is 5.91. The molecule has 2 aromatic rings. The number of hydrogen-bond donors (Lipinski definition) is 0. The molecule has 0 saturated heterocycles. The SMILES string of the molecule is CCOC(=O)c1cccnc1C#Cc1ccc(OC)c(OC)c1. The van der Waals surface area contributed by atoms with Gasteiger partial charge in [-0.1, -0.05) is 5.92 Å². The van der Waals surface area contributed by atoms with Crippen molar-refractivity contribution in [2.75, 3.05) is 20.8 Å². The van der Waals surface area contributed by atoms with E-state index >= 15 is 0 Å². The van der Waals surface area contributed by atoms with Gasteiger partial charge in [-0.15, -0.1) is 0 Å². The maximum absolute atomic E-state index is 11.9. The number of ether oxygens (including phenoxy) is 3. The molecule has 1 heterocycles. The van der Waals surface area contributed by atoms with E-state index in [1.54, 1.807) is 57.7 Å². The molecule has 0 atom stereocenters. The summed E-state index contributed by atoms with van der Waals surface area (Å²) in [6, 6.07) is 8.66. The van der Waals surface area contributed by atoms with Crippen LogP contribution in [0.2, 0.25) is 0 Å². The zero-order valence-electron chi connectivity index (χ0n) is 13.3. The number of carbonyl (C=O) groups excluding carboxylic acids is 1. The lowest BCUT2D eigenvalue weighted by molar-refractivity contribution is 0.0525. The molecule has 0 bridgehead atoms. The van der Waals surface area contributed by atoms with Crippen LogP contribution in [-0.4, -0.2) is 31.8 Å². The molecule has 2 rings (SSSR count). The number of rotatable bonds is 4. The van der Waals surface area contributed by atoms with Gasteiger partial charge >= 0.3 is 5.97 Å². The highest BCUT2D eigenvalue weighted by Crippen LogP contribution is 2.27. The Morgan fingerprint density at radius 2 is 1.91 bits per heavy atom. The van der Waals surface area contributed by atoms with Gasteiger partial charge in [-0.05, 0) is 43.2 Å². The van der Waals surface area contributed by atoms with Crippen LogP contribution in [0.1, 0.15) is 28.5 Å². The monoisotopic (exact) mass is 311 g/mol. The second-order valence-electron chi connectivity index (χ2n) is 4.44. The first kappa shape index (κ1) is 16.4. The maximum atomic E-state index is 11.9. The lowest BCUT2D eigenvalue weighted by Crippen LogP contribution is -2.07. The molecule has 0 N–H and O–H groups in total. The third-order valence-electron chi connectivity index (χ3n) is 3.01. The van der Waals surface area contributed by atoms with Crippen LogP contribution in [-0.2, 0) is 4.74 Å².